The lowest BCUT2D eigenvalue weighted by Gasteiger charge is -2.30. The van der Waals surface area contributed by atoms with E-state index in [2.05, 4.69) is 0 Å². The van der Waals surface area contributed by atoms with Gasteiger partial charge in [0.1, 0.15) is 10.6 Å². The molecule has 1 aromatic rings. The zero-order valence-corrected chi connectivity index (χ0v) is 15.4. The summed E-state index contributed by atoms with van der Waals surface area (Å²) < 4.78 is 37.6. The van der Waals surface area contributed by atoms with Crippen LogP contribution >= 0.6 is 11.6 Å². The van der Waals surface area contributed by atoms with Crippen molar-refractivity contribution in [1.29, 1.82) is 0 Å². The van der Waals surface area contributed by atoms with Crippen LogP contribution in [0.4, 0.5) is 0 Å². The highest BCUT2D eigenvalue weighted by atomic mass is 35.5. The second-order valence-electron chi connectivity index (χ2n) is 5.45. The van der Waals surface area contributed by atoms with Crippen LogP contribution in [0, 0.1) is 5.92 Å². The molecule has 0 N–H and O–H groups in total. The number of nitrogens with zero attached hydrogens (tertiary/aromatic N) is 1. The predicted octanol–water partition coefficient (Wildman–Crippen LogP) is 2.70. The van der Waals surface area contributed by atoms with Crippen LogP contribution in [-0.4, -0.2) is 45.0 Å². The number of halogens is 1. The van der Waals surface area contributed by atoms with Crippen LogP contribution in [0.1, 0.15) is 26.7 Å². The quantitative estimate of drug-likeness (QED) is 0.715. The van der Waals surface area contributed by atoms with Crippen LogP contribution in [0.15, 0.2) is 23.1 Å². The maximum atomic E-state index is 12.9. The molecule has 0 bridgehead atoms. The number of hydrogen-bond donors (Lipinski definition) is 0. The minimum absolute atomic E-state index is 0.0615. The molecule has 0 spiro atoms. The van der Waals surface area contributed by atoms with Crippen molar-refractivity contribution < 1.29 is 22.7 Å². The number of carbonyl (C=O) groups excluding carboxylic acids is 1. The largest absolute Gasteiger partial charge is 0.492 e. The van der Waals surface area contributed by atoms with Gasteiger partial charge in [0.15, 0.2) is 0 Å². The lowest BCUT2D eigenvalue weighted by atomic mass is 9.98. The van der Waals surface area contributed by atoms with Crippen LogP contribution in [-0.2, 0) is 19.6 Å². The van der Waals surface area contributed by atoms with E-state index in [4.69, 9.17) is 21.1 Å². The van der Waals surface area contributed by atoms with Gasteiger partial charge in [-0.05, 0) is 44.9 Å². The number of piperidine rings is 1. The molecule has 1 aliphatic heterocycles. The highest BCUT2D eigenvalue weighted by Gasteiger charge is 2.34. The molecule has 0 atom stereocenters. The van der Waals surface area contributed by atoms with Crippen molar-refractivity contribution >= 4 is 27.6 Å². The number of sulfonamides is 1. The molecule has 0 aromatic heterocycles. The SMILES string of the molecule is CCOC(=O)C1CCN(S(=O)(=O)c2cc(Cl)ccc2OCC)CC1. The lowest BCUT2D eigenvalue weighted by molar-refractivity contribution is -0.149. The predicted molar refractivity (Wildman–Crippen MR) is 90.7 cm³/mol. The third kappa shape index (κ3) is 4.20. The van der Waals surface area contributed by atoms with Crippen LogP contribution < -0.4 is 4.74 Å². The Hall–Kier alpha value is -1.31. The molecule has 8 heteroatoms. The van der Waals surface area contributed by atoms with E-state index in [0.717, 1.165) is 0 Å². The van der Waals surface area contributed by atoms with Gasteiger partial charge in [-0.15, -0.1) is 0 Å². The topological polar surface area (TPSA) is 72.9 Å². The van der Waals surface area contributed by atoms with Gasteiger partial charge in [-0.3, -0.25) is 4.79 Å². The molecule has 134 valence electrons. The van der Waals surface area contributed by atoms with E-state index in [0.29, 0.717) is 31.1 Å². The van der Waals surface area contributed by atoms with Crippen LogP contribution in [0.3, 0.4) is 0 Å². The molecule has 6 nitrogen and oxygen atoms in total. The van der Waals surface area contributed by atoms with E-state index < -0.39 is 10.0 Å². The Labute approximate surface area is 147 Å². The van der Waals surface area contributed by atoms with E-state index in [1.807, 2.05) is 0 Å². The molecule has 24 heavy (non-hydrogen) atoms. The Balaban J connectivity index is 2.18. The summed E-state index contributed by atoms with van der Waals surface area (Å²) in [4.78, 5) is 11.8. The molecular formula is C16H22ClNO5S. The zero-order chi connectivity index (χ0) is 17.7. The summed E-state index contributed by atoms with van der Waals surface area (Å²) in [6.45, 7) is 4.77. The van der Waals surface area contributed by atoms with E-state index in [9.17, 15) is 13.2 Å². The fourth-order valence-corrected chi connectivity index (χ4v) is 4.55. The van der Waals surface area contributed by atoms with Gasteiger partial charge in [-0.1, -0.05) is 11.6 Å². The molecule has 1 aromatic carbocycles. The van der Waals surface area contributed by atoms with Crippen molar-refractivity contribution in [3.63, 3.8) is 0 Å². The normalized spacial score (nSPS) is 16.8. The van der Waals surface area contributed by atoms with E-state index in [-0.39, 0.29) is 35.6 Å². The smallest absolute Gasteiger partial charge is 0.309 e. The fourth-order valence-electron chi connectivity index (χ4n) is 2.69. The Bertz CT molecular complexity index is 684. The van der Waals surface area contributed by atoms with Crippen molar-refractivity contribution in [2.75, 3.05) is 26.3 Å². The monoisotopic (exact) mass is 375 g/mol. The summed E-state index contributed by atoms with van der Waals surface area (Å²) in [6.07, 6.45) is 0.894. The van der Waals surface area contributed by atoms with Crippen molar-refractivity contribution in [1.82, 2.24) is 4.31 Å². The molecule has 1 fully saturated rings. The van der Waals surface area contributed by atoms with Gasteiger partial charge >= 0.3 is 5.97 Å². The molecule has 1 aliphatic rings. The number of rotatable bonds is 6. The summed E-state index contributed by atoms with van der Waals surface area (Å²) in [7, 11) is -3.73. The van der Waals surface area contributed by atoms with Gasteiger partial charge in [0.05, 0.1) is 19.1 Å². The van der Waals surface area contributed by atoms with Crippen molar-refractivity contribution in [2.45, 2.75) is 31.6 Å². The first-order chi connectivity index (χ1) is 11.4. The molecule has 1 heterocycles. The summed E-state index contributed by atoms with van der Waals surface area (Å²) in [5.74, 6) is -0.219. The summed E-state index contributed by atoms with van der Waals surface area (Å²) >= 11 is 5.96. The van der Waals surface area contributed by atoms with Crippen molar-refractivity contribution in [3.8, 4) is 5.75 Å². The summed E-state index contributed by atoms with van der Waals surface area (Å²) in [5, 5.41) is 0.332. The lowest BCUT2D eigenvalue weighted by Crippen LogP contribution is -2.40. The van der Waals surface area contributed by atoms with Gasteiger partial charge in [-0.25, -0.2) is 8.42 Å². The fraction of sp³-hybridized carbons (Fsp3) is 0.562. The highest BCUT2D eigenvalue weighted by molar-refractivity contribution is 7.89. The number of esters is 1. The van der Waals surface area contributed by atoms with E-state index in [1.165, 1.54) is 10.4 Å². The van der Waals surface area contributed by atoms with Crippen LogP contribution in [0.5, 0.6) is 5.75 Å². The molecule has 0 radical (unpaired) electrons. The minimum Gasteiger partial charge on any atom is -0.492 e. The Morgan fingerprint density at radius 1 is 1.25 bits per heavy atom. The van der Waals surface area contributed by atoms with Gasteiger partial charge in [0, 0.05) is 18.1 Å². The third-order valence-electron chi connectivity index (χ3n) is 3.90. The molecule has 2 rings (SSSR count). The molecule has 0 saturated carbocycles. The van der Waals surface area contributed by atoms with Crippen molar-refractivity contribution in [3.05, 3.63) is 23.2 Å². The Morgan fingerprint density at radius 2 is 1.92 bits per heavy atom. The van der Waals surface area contributed by atoms with Gasteiger partial charge in [0.2, 0.25) is 10.0 Å². The van der Waals surface area contributed by atoms with Gasteiger partial charge < -0.3 is 9.47 Å². The Morgan fingerprint density at radius 3 is 2.50 bits per heavy atom. The molecular weight excluding hydrogens is 354 g/mol. The first-order valence-electron chi connectivity index (χ1n) is 7.99. The standard InChI is InChI=1S/C16H22ClNO5S/c1-3-22-14-6-5-13(17)11-15(14)24(20,21)18-9-7-12(8-10-18)16(19)23-4-2/h5-6,11-12H,3-4,7-10H2,1-2H3. The molecule has 0 aliphatic carbocycles. The number of carbonyl (C=O) groups is 1. The van der Waals surface area contributed by atoms with E-state index >= 15 is 0 Å². The first-order valence-corrected chi connectivity index (χ1v) is 9.81. The molecule has 0 amide bonds. The Kier molecular flexibility index (Phi) is 6.48. The maximum Gasteiger partial charge on any atom is 0.309 e. The molecule has 1 saturated heterocycles. The highest BCUT2D eigenvalue weighted by Crippen LogP contribution is 2.32. The van der Waals surface area contributed by atoms with Crippen LogP contribution in [0.25, 0.3) is 0 Å². The van der Waals surface area contributed by atoms with Crippen LogP contribution in [0.2, 0.25) is 5.02 Å². The average Bonchev–Trinajstić information content (AvgIpc) is 2.57. The number of ether oxygens (including phenoxy) is 2. The minimum atomic E-state index is -3.73. The second-order valence-corrected chi connectivity index (χ2v) is 7.80. The summed E-state index contributed by atoms with van der Waals surface area (Å²) in [5.41, 5.74) is 0. The zero-order valence-electron chi connectivity index (χ0n) is 13.8. The van der Waals surface area contributed by atoms with Crippen molar-refractivity contribution in [2.24, 2.45) is 5.92 Å². The van der Waals surface area contributed by atoms with Gasteiger partial charge in [0.25, 0.3) is 0 Å². The molecule has 0 unspecified atom stereocenters. The van der Waals surface area contributed by atoms with Gasteiger partial charge in [-0.2, -0.15) is 4.31 Å². The third-order valence-corrected chi connectivity index (χ3v) is 6.05. The second kappa shape index (κ2) is 8.18. The average molecular weight is 376 g/mol. The number of benzene rings is 1. The number of hydrogen-bond acceptors (Lipinski definition) is 5. The summed E-state index contributed by atoms with van der Waals surface area (Å²) in [6, 6.07) is 4.56. The first kappa shape index (κ1) is 19.0. The van der Waals surface area contributed by atoms with E-state index in [1.54, 1.807) is 26.0 Å². The maximum absolute atomic E-state index is 12.9.